The molecule has 0 radical (unpaired) electrons. The normalized spacial score (nSPS) is 12.4. The van der Waals surface area contributed by atoms with Crippen molar-refractivity contribution in [2.75, 3.05) is 6.61 Å². The second-order valence-corrected chi connectivity index (χ2v) is 6.25. The van der Waals surface area contributed by atoms with Crippen molar-refractivity contribution >= 4 is 11.3 Å². The Morgan fingerprint density at radius 3 is 2.45 bits per heavy atom. The molecule has 0 bridgehead atoms. The lowest BCUT2D eigenvalue weighted by Gasteiger charge is -2.15. The lowest BCUT2D eigenvalue weighted by Crippen LogP contribution is -2.18. The maximum absolute atomic E-state index is 5.97. The summed E-state index contributed by atoms with van der Waals surface area (Å²) in [5.41, 5.74) is 10.9. The Morgan fingerprint density at radius 1 is 1.20 bits per heavy atom. The van der Waals surface area contributed by atoms with E-state index in [4.69, 9.17) is 10.5 Å². The van der Waals surface area contributed by atoms with Gasteiger partial charge in [0.25, 0.3) is 0 Å². The van der Waals surface area contributed by atoms with Gasteiger partial charge in [-0.05, 0) is 66.3 Å². The first-order valence-electron chi connectivity index (χ1n) is 7.06. The first-order chi connectivity index (χ1) is 9.56. The van der Waals surface area contributed by atoms with E-state index in [1.54, 1.807) is 11.3 Å². The van der Waals surface area contributed by atoms with Gasteiger partial charge in [-0.2, -0.15) is 11.3 Å². The molecular formula is C17H23NOS. The minimum atomic E-state index is 0.194. The summed E-state index contributed by atoms with van der Waals surface area (Å²) in [7, 11) is 0. The Hall–Kier alpha value is -1.32. The molecule has 0 amide bonds. The third-order valence-corrected chi connectivity index (χ3v) is 4.03. The monoisotopic (exact) mass is 289 g/mol. The molecular weight excluding hydrogens is 266 g/mol. The van der Waals surface area contributed by atoms with Crippen LogP contribution in [0, 0.1) is 13.8 Å². The summed E-state index contributed by atoms with van der Waals surface area (Å²) >= 11 is 1.73. The van der Waals surface area contributed by atoms with Crippen LogP contribution in [0.25, 0.3) is 0 Å². The van der Waals surface area contributed by atoms with Crippen molar-refractivity contribution in [2.45, 2.75) is 39.7 Å². The number of hydrogen-bond donors (Lipinski definition) is 1. The molecule has 0 aliphatic carbocycles. The molecule has 0 saturated carbocycles. The molecule has 1 aromatic heterocycles. The molecule has 3 heteroatoms. The fraction of sp³-hybridized carbons (Fsp3) is 0.412. The molecule has 0 aliphatic rings. The minimum absolute atomic E-state index is 0.194. The van der Waals surface area contributed by atoms with Gasteiger partial charge in [0, 0.05) is 12.5 Å². The Balaban J connectivity index is 2.00. The predicted molar refractivity (Wildman–Crippen MR) is 86.8 cm³/mol. The van der Waals surface area contributed by atoms with E-state index in [9.17, 15) is 0 Å². The molecule has 1 aromatic carbocycles. The molecule has 1 unspecified atom stereocenters. The van der Waals surface area contributed by atoms with Crippen LogP contribution in [0.1, 0.15) is 29.2 Å². The first-order valence-corrected chi connectivity index (χ1v) is 8.00. The molecule has 2 nitrogen and oxygen atoms in total. The average molecular weight is 289 g/mol. The van der Waals surface area contributed by atoms with Gasteiger partial charge in [0.1, 0.15) is 5.75 Å². The third kappa shape index (κ3) is 4.09. The van der Waals surface area contributed by atoms with Gasteiger partial charge in [0.2, 0.25) is 0 Å². The largest absolute Gasteiger partial charge is 0.493 e. The molecule has 2 N–H and O–H groups in total. The highest BCUT2D eigenvalue weighted by atomic mass is 32.1. The predicted octanol–water partition coefficient (Wildman–Crippen LogP) is 3.88. The third-order valence-electron chi connectivity index (χ3n) is 3.30. The summed E-state index contributed by atoms with van der Waals surface area (Å²) in [6.45, 7) is 6.98. The lowest BCUT2D eigenvalue weighted by molar-refractivity contribution is 0.317. The summed E-state index contributed by atoms with van der Waals surface area (Å²) in [5.74, 6) is 1.02. The maximum Gasteiger partial charge on any atom is 0.125 e. The Labute approximate surface area is 125 Å². The topological polar surface area (TPSA) is 35.2 Å². The lowest BCUT2D eigenvalue weighted by atomic mass is 10.0. The SMILES string of the molecule is Cc1cc(CC(C)N)cc(C)c1OCCc1ccsc1. The molecule has 2 rings (SSSR count). The van der Waals surface area contributed by atoms with Crippen LogP contribution in [0.15, 0.2) is 29.0 Å². The van der Waals surface area contributed by atoms with Crippen molar-refractivity contribution in [1.82, 2.24) is 0 Å². The zero-order chi connectivity index (χ0) is 14.5. The number of thiophene rings is 1. The number of nitrogens with two attached hydrogens (primary N) is 1. The van der Waals surface area contributed by atoms with Crippen LogP contribution in [-0.4, -0.2) is 12.6 Å². The van der Waals surface area contributed by atoms with Crippen LogP contribution in [0.4, 0.5) is 0 Å². The van der Waals surface area contributed by atoms with E-state index in [0.717, 1.165) is 25.2 Å². The highest BCUT2D eigenvalue weighted by molar-refractivity contribution is 7.07. The summed E-state index contributed by atoms with van der Waals surface area (Å²) in [5, 5.41) is 4.28. The highest BCUT2D eigenvalue weighted by Gasteiger charge is 2.08. The van der Waals surface area contributed by atoms with Crippen molar-refractivity contribution in [3.8, 4) is 5.75 Å². The van der Waals surface area contributed by atoms with Crippen molar-refractivity contribution in [2.24, 2.45) is 5.73 Å². The van der Waals surface area contributed by atoms with E-state index in [2.05, 4.69) is 42.8 Å². The molecule has 2 aromatic rings. The van der Waals surface area contributed by atoms with E-state index in [1.165, 1.54) is 22.3 Å². The molecule has 0 saturated heterocycles. The van der Waals surface area contributed by atoms with Crippen LogP contribution in [-0.2, 0) is 12.8 Å². The van der Waals surface area contributed by atoms with Crippen molar-refractivity contribution in [3.63, 3.8) is 0 Å². The smallest absolute Gasteiger partial charge is 0.125 e. The number of benzene rings is 1. The maximum atomic E-state index is 5.97. The Bertz CT molecular complexity index is 523. The number of hydrogen-bond acceptors (Lipinski definition) is 3. The van der Waals surface area contributed by atoms with Crippen LogP contribution in [0.5, 0.6) is 5.75 Å². The molecule has 20 heavy (non-hydrogen) atoms. The fourth-order valence-electron chi connectivity index (χ4n) is 2.46. The molecule has 108 valence electrons. The van der Waals surface area contributed by atoms with Gasteiger partial charge in [-0.1, -0.05) is 12.1 Å². The molecule has 1 atom stereocenters. The Kier molecular flexibility index (Phi) is 5.21. The zero-order valence-electron chi connectivity index (χ0n) is 12.5. The van der Waals surface area contributed by atoms with E-state index in [-0.39, 0.29) is 6.04 Å². The van der Waals surface area contributed by atoms with Crippen molar-refractivity contribution < 1.29 is 4.74 Å². The van der Waals surface area contributed by atoms with Gasteiger partial charge in [0.05, 0.1) is 6.61 Å². The second kappa shape index (κ2) is 6.91. The number of ether oxygens (including phenoxy) is 1. The number of aryl methyl sites for hydroxylation is 2. The minimum Gasteiger partial charge on any atom is -0.493 e. The Morgan fingerprint density at radius 2 is 1.90 bits per heavy atom. The van der Waals surface area contributed by atoms with E-state index >= 15 is 0 Å². The van der Waals surface area contributed by atoms with E-state index < -0.39 is 0 Å². The quantitative estimate of drug-likeness (QED) is 0.876. The second-order valence-electron chi connectivity index (χ2n) is 5.47. The molecule has 0 aliphatic heterocycles. The van der Waals surface area contributed by atoms with Gasteiger partial charge < -0.3 is 10.5 Å². The highest BCUT2D eigenvalue weighted by Crippen LogP contribution is 2.25. The van der Waals surface area contributed by atoms with Crippen LogP contribution in [0.3, 0.4) is 0 Å². The van der Waals surface area contributed by atoms with E-state index in [0.29, 0.717) is 0 Å². The van der Waals surface area contributed by atoms with Crippen LogP contribution >= 0.6 is 11.3 Å². The van der Waals surface area contributed by atoms with Gasteiger partial charge in [0.15, 0.2) is 0 Å². The van der Waals surface area contributed by atoms with E-state index in [1.807, 2.05) is 6.92 Å². The van der Waals surface area contributed by atoms with Gasteiger partial charge in [-0.25, -0.2) is 0 Å². The van der Waals surface area contributed by atoms with Crippen LogP contribution < -0.4 is 10.5 Å². The molecule has 0 fully saturated rings. The van der Waals surface area contributed by atoms with Crippen molar-refractivity contribution in [1.29, 1.82) is 0 Å². The first kappa shape index (κ1) is 15.1. The van der Waals surface area contributed by atoms with Gasteiger partial charge >= 0.3 is 0 Å². The van der Waals surface area contributed by atoms with Crippen molar-refractivity contribution in [3.05, 3.63) is 51.2 Å². The van der Waals surface area contributed by atoms with Crippen LogP contribution in [0.2, 0.25) is 0 Å². The summed E-state index contributed by atoms with van der Waals surface area (Å²) in [4.78, 5) is 0. The zero-order valence-corrected chi connectivity index (χ0v) is 13.3. The average Bonchev–Trinajstić information content (AvgIpc) is 2.84. The van der Waals surface area contributed by atoms with Gasteiger partial charge in [-0.3, -0.25) is 0 Å². The van der Waals surface area contributed by atoms with Gasteiger partial charge in [-0.15, -0.1) is 0 Å². The summed E-state index contributed by atoms with van der Waals surface area (Å²) in [6, 6.07) is 6.73. The summed E-state index contributed by atoms with van der Waals surface area (Å²) < 4.78 is 5.97. The molecule has 0 spiro atoms. The number of rotatable bonds is 6. The summed E-state index contributed by atoms with van der Waals surface area (Å²) in [6.07, 6.45) is 1.88. The molecule has 1 heterocycles. The fourth-order valence-corrected chi connectivity index (χ4v) is 3.17. The standard InChI is InChI=1S/C17H23NOS/c1-12-8-16(10-14(3)18)9-13(2)17(12)19-6-4-15-5-7-20-11-15/h5,7-9,11,14H,4,6,10,18H2,1-3H3.